The highest BCUT2D eigenvalue weighted by atomic mass is 16.3. The molecule has 0 aliphatic rings. The minimum Gasteiger partial charge on any atom is -0.391 e. The van der Waals surface area contributed by atoms with E-state index in [0.29, 0.717) is 12.1 Å². The number of hydrogen-bond donors (Lipinski definition) is 3. The number of nitrogens with one attached hydrogen (secondary N) is 2. The van der Waals surface area contributed by atoms with Crippen molar-refractivity contribution in [1.82, 2.24) is 10.3 Å². The number of pyridine rings is 1. The van der Waals surface area contributed by atoms with Gasteiger partial charge in [0.2, 0.25) is 0 Å². The summed E-state index contributed by atoms with van der Waals surface area (Å²) in [4.78, 5) is 17.2. The number of fused-ring (bicyclic) bond motifs is 1. The van der Waals surface area contributed by atoms with Gasteiger partial charge in [-0.3, -0.25) is 4.98 Å². The first-order valence-electron chi connectivity index (χ1n) is 11.4. The lowest BCUT2D eigenvalue weighted by molar-refractivity contribution is 0.168. The van der Waals surface area contributed by atoms with Gasteiger partial charge in [0.25, 0.3) is 0 Å². The van der Waals surface area contributed by atoms with Crippen molar-refractivity contribution in [3.8, 4) is 11.1 Å². The van der Waals surface area contributed by atoms with Crippen molar-refractivity contribution in [3.05, 3.63) is 96.2 Å². The molecule has 33 heavy (non-hydrogen) atoms. The third kappa shape index (κ3) is 5.96. The summed E-state index contributed by atoms with van der Waals surface area (Å²) in [5, 5.41) is 16.1. The number of aryl methyl sites for hydroxylation is 2. The molecule has 3 N–H and O–H groups in total. The van der Waals surface area contributed by atoms with E-state index in [1.165, 1.54) is 5.56 Å². The van der Waals surface area contributed by atoms with Crippen molar-refractivity contribution >= 4 is 22.6 Å². The first-order chi connectivity index (χ1) is 16.1. The average Bonchev–Trinajstić information content (AvgIpc) is 2.86. The molecule has 1 aromatic heterocycles. The summed E-state index contributed by atoms with van der Waals surface area (Å²) >= 11 is 0. The summed E-state index contributed by atoms with van der Waals surface area (Å²) in [6, 6.07) is 28.3. The lowest BCUT2D eigenvalue weighted by Crippen LogP contribution is -2.34. The number of aromatic nitrogens is 1. The molecule has 0 fully saturated rings. The number of aliphatic hydroxyl groups is 1. The molecular weight excluding hydrogens is 410 g/mol. The van der Waals surface area contributed by atoms with Crippen LogP contribution >= 0.6 is 0 Å². The van der Waals surface area contributed by atoms with Crippen LogP contribution in [0.15, 0.2) is 84.9 Å². The minimum absolute atomic E-state index is 0.223. The van der Waals surface area contributed by atoms with Crippen molar-refractivity contribution < 1.29 is 9.90 Å². The van der Waals surface area contributed by atoms with Gasteiger partial charge in [-0.15, -0.1) is 0 Å². The number of amides is 2. The minimum atomic E-state index is -0.542. The van der Waals surface area contributed by atoms with Gasteiger partial charge in [-0.2, -0.15) is 0 Å². The smallest absolute Gasteiger partial charge is 0.319 e. The number of rotatable bonds is 8. The Kier molecular flexibility index (Phi) is 7.33. The molecule has 0 radical (unpaired) electrons. The van der Waals surface area contributed by atoms with Gasteiger partial charge in [-0.05, 0) is 54.7 Å². The first-order valence-corrected chi connectivity index (χ1v) is 11.4. The van der Waals surface area contributed by atoms with Crippen LogP contribution in [0.4, 0.5) is 10.5 Å². The van der Waals surface area contributed by atoms with Crippen LogP contribution in [0.3, 0.4) is 0 Å². The molecule has 0 aliphatic heterocycles. The van der Waals surface area contributed by atoms with Gasteiger partial charge in [0.1, 0.15) is 0 Å². The lowest BCUT2D eigenvalue weighted by atomic mass is 9.97. The van der Waals surface area contributed by atoms with E-state index in [1.54, 1.807) is 0 Å². The zero-order valence-electron chi connectivity index (χ0n) is 18.8. The SMILES string of the molecule is CCC(O)CNC(=O)Nc1ccc2nc(CCc3ccccc3)c(-c3ccccc3)cc2c1. The van der Waals surface area contributed by atoms with Gasteiger partial charge in [-0.25, -0.2) is 4.79 Å². The topological polar surface area (TPSA) is 74.2 Å². The van der Waals surface area contributed by atoms with Gasteiger partial charge < -0.3 is 15.7 Å². The molecule has 1 unspecified atom stereocenters. The molecular formula is C28H29N3O2. The Bertz CT molecular complexity index is 1210. The molecule has 0 aliphatic carbocycles. The molecule has 0 saturated heterocycles. The van der Waals surface area contributed by atoms with Crippen molar-refractivity contribution in [2.24, 2.45) is 0 Å². The Labute approximate surface area is 194 Å². The summed E-state index contributed by atoms with van der Waals surface area (Å²) in [7, 11) is 0. The maximum absolute atomic E-state index is 12.2. The highest BCUT2D eigenvalue weighted by Crippen LogP contribution is 2.29. The molecule has 4 aromatic rings. The van der Waals surface area contributed by atoms with E-state index in [9.17, 15) is 9.90 Å². The highest BCUT2D eigenvalue weighted by molar-refractivity contribution is 5.93. The van der Waals surface area contributed by atoms with E-state index in [1.807, 2.05) is 49.4 Å². The van der Waals surface area contributed by atoms with Crippen molar-refractivity contribution in [1.29, 1.82) is 0 Å². The zero-order chi connectivity index (χ0) is 23.0. The van der Waals surface area contributed by atoms with Crippen molar-refractivity contribution in [2.45, 2.75) is 32.3 Å². The number of benzene rings is 3. The number of carbonyl (C=O) groups excluding carboxylic acids is 1. The molecule has 5 nitrogen and oxygen atoms in total. The second kappa shape index (κ2) is 10.7. The maximum atomic E-state index is 12.2. The molecule has 4 rings (SSSR count). The van der Waals surface area contributed by atoms with Gasteiger partial charge in [0.15, 0.2) is 0 Å². The van der Waals surface area contributed by atoms with E-state index in [0.717, 1.165) is 40.6 Å². The van der Waals surface area contributed by atoms with Crippen LogP contribution < -0.4 is 10.6 Å². The summed E-state index contributed by atoms with van der Waals surface area (Å²) in [6.45, 7) is 2.10. The normalized spacial score (nSPS) is 11.8. The molecule has 5 heteroatoms. The van der Waals surface area contributed by atoms with Crippen LogP contribution in [-0.4, -0.2) is 28.8 Å². The Morgan fingerprint density at radius 2 is 1.67 bits per heavy atom. The van der Waals surface area contributed by atoms with Gasteiger partial charge in [-0.1, -0.05) is 67.6 Å². The fourth-order valence-corrected chi connectivity index (χ4v) is 3.79. The summed E-state index contributed by atoms with van der Waals surface area (Å²) in [5.41, 5.74) is 6.15. The van der Waals surface area contributed by atoms with Crippen LogP contribution in [0, 0.1) is 0 Å². The van der Waals surface area contributed by atoms with E-state index in [-0.39, 0.29) is 12.6 Å². The molecule has 0 bridgehead atoms. The Morgan fingerprint density at radius 1 is 0.939 bits per heavy atom. The molecule has 1 heterocycles. The monoisotopic (exact) mass is 439 g/mol. The maximum Gasteiger partial charge on any atom is 0.319 e. The quantitative estimate of drug-likeness (QED) is 0.336. The van der Waals surface area contributed by atoms with Crippen LogP contribution in [0.25, 0.3) is 22.0 Å². The standard InChI is InChI=1S/C28H29N3O2/c1-2-24(32)19-29-28(33)30-23-14-16-26-22(17-23)18-25(21-11-7-4-8-12-21)27(31-26)15-13-20-9-5-3-6-10-20/h3-12,14,16-18,24,32H,2,13,15,19H2,1H3,(H2,29,30,33). The highest BCUT2D eigenvalue weighted by Gasteiger charge is 2.11. The lowest BCUT2D eigenvalue weighted by Gasteiger charge is -2.13. The van der Waals surface area contributed by atoms with Crippen LogP contribution in [0.2, 0.25) is 0 Å². The molecule has 1 atom stereocenters. The fourth-order valence-electron chi connectivity index (χ4n) is 3.79. The predicted octanol–water partition coefficient (Wildman–Crippen LogP) is 5.58. The Morgan fingerprint density at radius 3 is 2.39 bits per heavy atom. The molecule has 2 amide bonds. The number of carbonyl (C=O) groups is 1. The number of aliphatic hydroxyl groups excluding tert-OH is 1. The predicted molar refractivity (Wildman–Crippen MR) is 134 cm³/mol. The summed E-state index contributed by atoms with van der Waals surface area (Å²) in [6.07, 6.45) is 1.81. The molecule has 0 spiro atoms. The van der Waals surface area contributed by atoms with Gasteiger partial charge >= 0.3 is 6.03 Å². The second-order valence-electron chi connectivity index (χ2n) is 8.14. The van der Waals surface area contributed by atoms with Crippen LogP contribution in [0.1, 0.15) is 24.6 Å². The zero-order valence-corrected chi connectivity index (χ0v) is 18.8. The van der Waals surface area contributed by atoms with Crippen molar-refractivity contribution in [3.63, 3.8) is 0 Å². The molecule has 168 valence electrons. The number of urea groups is 1. The fraction of sp³-hybridized carbons (Fsp3) is 0.214. The summed E-state index contributed by atoms with van der Waals surface area (Å²) in [5.74, 6) is 0. The number of hydrogen-bond acceptors (Lipinski definition) is 3. The van der Waals surface area contributed by atoms with Crippen LogP contribution in [-0.2, 0) is 12.8 Å². The largest absolute Gasteiger partial charge is 0.391 e. The third-order valence-electron chi connectivity index (χ3n) is 5.70. The number of nitrogens with zero attached hydrogens (tertiary/aromatic N) is 1. The second-order valence-corrected chi connectivity index (χ2v) is 8.14. The molecule has 3 aromatic carbocycles. The third-order valence-corrected chi connectivity index (χ3v) is 5.70. The van der Waals surface area contributed by atoms with E-state index in [2.05, 4.69) is 53.1 Å². The summed E-state index contributed by atoms with van der Waals surface area (Å²) < 4.78 is 0. The molecule has 0 saturated carbocycles. The van der Waals surface area contributed by atoms with Gasteiger partial charge in [0.05, 0.1) is 11.6 Å². The Hall–Kier alpha value is -3.70. The van der Waals surface area contributed by atoms with E-state index >= 15 is 0 Å². The average molecular weight is 440 g/mol. The first kappa shape index (κ1) is 22.5. The number of anilines is 1. The van der Waals surface area contributed by atoms with Crippen LogP contribution in [0.5, 0.6) is 0 Å². The van der Waals surface area contributed by atoms with Gasteiger partial charge in [0, 0.05) is 28.9 Å². The van der Waals surface area contributed by atoms with Crippen molar-refractivity contribution in [2.75, 3.05) is 11.9 Å². The van der Waals surface area contributed by atoms with E-state index in [4.69, 9.17) is 4.98 Å². The van der Waals surface area contributed by atoms with E-state index < -0.39 is 6.10 Å². The Balaban J connectivity index is 1.61.